The zero-order valence-electron chi connectivity index (χ0n) is 11.2. The van der Waals surface area contributed by atoms with Gasteiger partial charge in [0.05, 0.1) is 16.9 Å². The first kappa shape index (κ1) is 16.4. The predicted molar refractivity (Wildman–Crippen MR) is 95.1 cm³/mol. The second-order valence-electron chi connectivity index (χ2n) is 4.18. The lowest BCUT2D eigenvalue weighted by molar-refractivity contribution is 0.107. The van der Waals surface area contributed by atoms with Crippen LogP contribution in [0.5, 0.6) is 0 Å². The molecule has 0 radical (unpaired) electrons. The number of hydrazone groups is 1. The number of ketones is 1. The molecule has 0 atom stereocenters. The van der Waals surface area contributed by atoms with Crippen molar-refractivity contribution in [2.45, 2.75) is 0 Å². The van der Waals surface area contributed by atoms with E-state index in [1.165, 1.54) is 0 Å². The Kier molecular flexibility index (Phi) is 5.89. The largest absolute Gasteiger partial charge is 0.330 e. The van der Waals surface area contributed by atoms with Crippen molar-refractivity contribution < 1.29 is 4.79 Å². The van der Waals surface area contributed by atoms with E-state index in [2.05, 4.69) is 15.8 Å². The topological polar surface area (TPSA) is 53.5 Å². The highest BCUT2D eigenvalue weighted by Crippen LogP contribution is 2.25. The van der Waals surface area contributed by atoms with Crippen LogP contribution in [-0.2, 0) is 0 Å². The Morgan fingerprint density at radius 3 is 2.55 bits per heavy atom. The van der Waals surface area contributed by atoms with Crippen molar-refractivity contribution in [3.63, 3.8) is 0 Å². The third-order valence-electron chi connectivity index (χ3n) is 2.59. The average Bonchev–Trinajstić information content (AvgIpc) is 2.51. The Hall–Kier alpha value is -1.95. The molecule has 0 aliphatic carbocycles. The van der Waals surface area contributed by atoms with Gasteiger partial charge in [0, 0.05) is 10.6 Å². The number of nitrogens with zero attached hydrogens (tertiary/aromatic N) is 1. The zero-order valence-corrected chi connectivity index (χ0v) is 13.5. The van der Waals surface area contributed by atoms with Gasteiger partial charge in [0.2, 0.25) is 5.78 Å². The summed E-state index contributed by atoms with van der Waals surface area (Å²) in [6.45, 7) is 0. The van der Waals surface area contributed by atoms with Gasteiger partial charge < -0.3 is 5.32 Å². The summed E-state index contributed by atoms with van der Waals surface area (Å²) in [6.07, 6.45) is 1.16. The van der Waals surface area contributed by atoms with Gasteiger partial charge >= 0.3 is 0 Å². The van der Waals surface area contributed by atoms with Crippen LogP contribution in [0.15, 0.2) is 53.6 Å². The molecule has 2 N–H and O–H groups in total. The molecule has 2 aromatic carbocycles. The van der Waals surface area contributed by atoms with Gasteiger partial charge in [-0.2, -0.15) is 5.10 Å². The van der Waals surface area contributed by atoms with Crippen LogP contribution in [0.25, 0.3) is 0 Å². The Balaban J connectivity index is 1.90. The standard InChI is InChI=1S/C15H11Cl2N3OS/c16-11-6-7-13(12(17)8-11)19-15(22)20-18-9-14(21)10-4-2-1-3-5-10/h1-9H,(H2,19,20,22)/b18-9+. The van der Waals surface area contributed by atoms with E-state index < -0.39 is 0 Å². The number of hydrogen-bond acceptors (Lipinski definition) is 3. The maximum Gasteiger partial charge on any atom is 0.205 e. The minimum Gasteiger partial charge on any atom is -0.330 e. The smallest absolute Gasteiger partial charge is 0.205 e. The number of rotatable bonds is 4. The minimum absolute atomic E-state index is 0.210. The van der Waals surface area contributed by atoms with Gasteiger partial charge in [-0.05, 0) is 30.4 Å². The number of hydrogen-bond donors (Lipinski definition) is 2. The summed E-state index contributed by atoms with van der Waals surface area (Å²) in [5, 5.41) is 7.82. The van der Waals surface area contributed by atoms with Crippen LogP contribution in [0.3, 0.4) is 0 Å². The summed E-state index contributed by atoms with van der Waals surface area (Å²) >= 11 is 16.9. The molecular weight excluding hydrogens is 341 g/mol. The first-order chi connectivity index (χ1) is 10.6. The van der Waals surface area contributed by atoms with Crippen molar-refractivity contribution in [2.24, 2.45) is 5.10 Å². The van der Waals surface area contributed by atoms with E-state index in [4.69, 9.17) is 35.4 Å². The van der Waals surface area contributed by atoms with Crippen LogP contribution in [-0.4, -0.2) is 17.1 Å². The monoisotopic (exact) mass is 351 g/mol. The number of benzene rings is 2. The van der Waals surface area contributed by atoms with E-state index in [1.54, 1.807) is 42.5 Å². The van der Waals surface area contributed by atoms with Crippen LogP contribution in [0, 0.1) is 0 Å². The fourth-order valence-electron chi connectivity index (χ4n) is 1.57. The molecule has 2 aromatic rings. The molecule has 0 unspecified atom stereocenters. The molecule has 0 spiro atoms. The molecule has 0 fully saturated rings. The second kappa shape index (κ2) is 7.89. The Bertz CT molecular complexity index is 720. The molecular formula is C15H11Cl2N3OS. The highest BCUT2D eigenvalue weighted by molar-refractivity contribution is 7.80. The Labute approximate surface area is 143 Å². The zero-order chi connectivity index (χ0) is 15.9. The predicted octanol–water partition coefficient (Wildman–Crippen LogP) is 4.15. The quantitative estimate of drug-likeness (QED) is 0.376. The third kappa shape index (κ3) is 4.80. The number of nitrogens with one attached hydrogen (secondary N) is 2. The molecule has 4 nitrogen and oxygen atoms in total. The molecule has 0 saturated heterocycles. The molecule has 0 heterocycles. The van der Waals surface area contributed by atoms with Gasteiger partial charge in [-0.1, -0.05) is 53.5 Å². The van der Waals surface area contributed by atoms with E-state index in [1.807, 2.05) is 6.07 Å². The highest BCUT2D eigenvalue weighted by atomic mass is 35.5. The van der Waals surface area contributed by atoms with E-state index in [0.717, 1.165) is 6.21 Å². The first-order valence-electron chi connectivity index (χ1n) is 6.21. The molecule has 112 valence electrons. The van der Waals surface area contributed by atoms with Crippen LogP contribution >= 0.6 is 35.4 Å². The van der Waals surface area contributed by atoms with E-state index >= 15 is 0 Å². The lowest BCUT2D eigenvalue weighted by Crippen LogP contribution is -2.24. The van der Waals surface area contributed by atoms with Crippen molar-refractivity contribution in [3.8, 4) is 0 Å². The Morgan fingerprint density at radius 2 is 1.86 bits per heavy atom. The van der Waals surface area contributed by atoms with Gasteiger partial charge in [0.15, 0.2) is 5.11 Å². The fourth-order valence-corrected chi connectivity index (χ4v) is 2.19. The van der Waals surface area contributed by atoms with Gasteiger partial charge in [-0.15, -0.1) is 0 Å². The molecule has 0 saturated carbocycles. The lowest BCUT2D eigenvalue weighted by atomic mass is 10.1. The molecule has 0 aliphatic rings. The maximum absolute atomic E-state index is 11.8. The van der Waals surface area contributed by atoms with Crippen molar-refractivity contribution in [2.75, 3.05) is 5.32 Å². The van der Waals surface area contributed by atoms with E-state index in [0.29, 0.717) is 21.3 Å². The van der Waals surface area contributed by atoms with Gasteiger partial charge in [-0.25, -0.2) is 0 Å². The lowest BCUT2D eigenvalue weighted by Gasteiger charge is -2.08. The van der Waals surface area contributed by atoms with Crippen LogP contribution in [0.2, 0.25) is 10.0 Å². The summed E-state index contributed by atoms with van der Waals surface area (Å²) in [5.74, 6) is -0.222. The molecule has 0 bridgehead atoms. The molecule has 0 amide bonds. The Morgan fingerprint density at radius 1 is 1.14 bits per heavy atom. The number of carbonyl (C=O) groups excluding carboxylic acids is 1. The van der Waals surface area contributed by atoms with Crippen molar-refractivity contribution in [1.82, 2.24) is 5.43 Å². The molecule has 7 heteroatoms. The maximum atomic E-state index is 11.8. The fraction of sp³-hybridized carbons (Fsp3) is 0. The van der Waals surface area contributed by atoms with E-state index in [-0.39, 0.29) is 10.9 Å². The minimum atomic E-state index is -0.222. The van der Waals surface area contributed by atoms with Gasteiger partial charge in [0.25, 0.3) is 0 Å². The SMILES string of the molecule is O=C(/C=N/NC(=S)Nc1ccc(Cl)cc1Cl)c1ccccc1. The van der Waals surface area contributed by atoms with Crippen LogP contribution < -0.4 is 10.7 Å². The molecule has 2 rings (SSSR count). The second-order valence-corrected chi connectivity index (χ2v) is 5.43. The number of thiocarbonyl (C=S) groups is 1. The van der Waals surface area contributed by atoms with Crippen LogP contribution in [0.4, 0.5) is 5.69 Å². The number of Topliss-reactive ketones (excluding diaryl/α,β-unsaturated/α-hetero) is 1. The normalized spacial score (nSPS) is 10.5. The van der Waals surface area contributed by atoms with Crippen molar-refractivity contribution in [3.05, 3.63) is 64.1 Å². The summed E-state index contributed by atoms with van der Waals surface area (Å²) in [6, 6.07) is 13.8. The molecule has 0 aromatic heterocycles. The summed E-state index contributed by atoms with van der Waals surface area (Å²) in [7, 11) is 0. The first-order valence-corrected chi connectivity index (χ1v) is 7.37. The highest BCUT2D eigenvalue weighted by Gasteiger charge is 2.03. The number of anilines is 1. The van der Waals surface area contributed by atoms with Gasteiger partial charge in [-0.3, -0.25) is 10.2 Å². The van der Waals surface area contributed by atoms with Crippen LogP contribution in [0.1, 0.15) is 10.4 Å². The molecule has 0 aliphatic heterocycles. The summed E-state index contributed by atoms with van der Waals surface area (Å²) < 4.78 is 0. The van der Waals surface area contributed by atoms with Crippen molar-refractivity contribution >= 4 is 58.2 Å². The number of carbonyl (C=O) groups is 1. The summed E-state index contributed by atoms with van der Waals surface area (Å²) in [5.41, 5.74) is 3.69. The number of halogens is 2. The van der Waals surface area contributed by atoms with Crippen molar-refractivity contribution in [1.29, 1.82) is 0 Å². The average molecular weight is 352 g/mol. The third-order valence-corrected chi connectivity index (χ3v) is 3.33. The van der Waals surface area contributed by atoms with E-state index in [9.17, 15) is 4.79 Å². The van der Waals surface area contributed by atoms with Gasteiger partial charge in [0.1, 0.15) is 0 Å². The summed E-state index contributed by atoms with van der Waals surface area (Å²) in [4.78, 5) is 11.8. The molecule has 22 heavy (non-hydrogen) atoms.